The van der Waals surface area contributed by atoms with Gasteiger partial charge in [-0.3, -0.25) is 4.79 Å². The van der Waals surface area contributed by atoms with E-state index in [1.165, 1.54) is 0 Å². The van der Waals surface area contributed by atoms with E-state index in [9.17, 15) is 9.90 Å². The van der Waals surface area contributed by atoms with E-state index in [2.05, 4.69) is 0 Å². The lowest BCUT2D eigenvalue weighted by Gasteiger charge is -2.26. The van der Waals surface area contributed by atoms with Gasteiger partial charge in [-0.05, 0) is 26.2 Å². The summed E-state index contributed by atoms with van der Waals surface area (Å²) >= 11 is 0. The van der Waals surface area contributed by atoms with Crippen LogP contribution in [0.4, 0.5) is 0 Å². The molecule has 0 aromatic rings. The third kappa shape index (κ3) is 2.81. The normalized spacial score (nSPS) is 14.8. The van der Waals surface area contributed by atoms with Gasteiger partial charge in [-0.2, -0.15) is 0 Å². The zero-order valence-corrected chi connectivity index (χ0v) is 8.16. The van der Waals surface area contributed by atoms with Crippen LogP contribution in [0.5, 0.6) is 0 Å². The molecule has 2 N–H and O–H groups in total. The Morgan fingerprint density at radius 1 is 1.42 bits per heavy atom. The first-order valence-electron chi connectivity index (χ1n) is 4.20. The first kappa shape index (κ1) is 11.4. The lowest BCUT2D eigenvalue weighted by Crippen LogP contribution is -2.37. The van der Waals surface area contributed by atoms with Crippen molar-refractivity contribution in [3.05, 3.63) is 0 Å². The Kier molecular flexibility index (Phi) is 3.71. The first-order chi connectivity index (χ1) is 5.28. The SMILES string of the molecule is CC(C)CC(O)C(C)(C)C(=O)O. The highest BCUT2D eigenvalue weighted by atomic mass is 16.4. The van der Waals surface area contributed by atoms with Gasteiger partial charge in [0.15, 0.2) is 0 Å². The predicted octanol–water partition coefficient (Wildman–Crippen LogP) is 1.50. The molecule has 0 aliphatic heterocycles. The molecule has 0 radical (unpaired) electrons. The maximum Gasteiger partial charge on any atom is 0.311 e. The molecule has 0 saturated heterocycles. The molecule has 0 heterocycles. The Balaban J connectivity index is 4.25. The molecule has 0 saturated carbocycles. The number of hydrogen-bond donors (Lipinski definition) is 2. The summed E-state index contributed by atoms with van der Waals surface area (Å²) in [7, 11) is 0. The van der Waals surface area contributed by atoms with Crippen LogP contribution in [0, 0.1) is 11.3 Å². The summed E-state index contributed by atoms with van der Waals surface area (Å²) in [6, 6.07) is 0. The number of aliphatic hydroxyl groups is 1. The molecule has 0 fully saturated rings. The van der Waals surface area contributed by atoms with Gasteiger partial charge in [0.1, 0.15) is 0 Å². The van der Waals surface area contributed by atoms with Crippen LogP contribution < -0.4 is 0 Å². The molecule has 3 heteroatoms. The van der Waals surface area contributed by atoms with Crippen molar-refractivity contribution in [2.24, 2.45) is 11.3 Å². The van der Waals surface area contributed by atoms with Crippen molar-refractivity contribution in [2.75, 3.05) is 0 Å². The third-order valence-corrected chi connectivity index (χ3v) is 2.08. The van der Waals surface area contributed by atoms with Crippen molar-refractivity contribution in [1.29, 1.82) is 0 Å². The van der Waals surface area contributed by atoms with E-state index in [0.717, 1.165) is 0 Å². The Hall–Kier alpha value is -0.570. The lowest BCUT2D eigenvalue weighted by atomic mass is 9.82. The minimum absolute atomic E-state index is 0.318. The van der Waals surface area contributed by atoms with Gasteiger partial charge in [0.2, 0.25) is 0 Å². The highest BCUT2D eigenvalue weighted by Crippen LogP contribution is 2.25. The maximum absolute atomic E-state index is 10.7. The second kappa shape index (κ2) is 3.90. The third-order valence-electron chi connectivity index (χ3n) is 2.08. The molecule has 0 rings (SSSR count). The molecular formula is C9H18O3. The Bertz CT molecular complexity index is 161. The number of carbonyl (C=O) groups is 1. The van der Waals surface area contributed by atoms with Gasteiger partial charge in [-0.15, -0.1) is 0 Å². The van der Waals surface area contributed by atoms with Crippen molar-refractivity contribution >= 4 is 5.97 Å². The van der Waals surface area contributed by atoms with Gasteiger partial charge < -0.3 is 10.2 Å². The zero-order valence-electron chi connectivity index (χ0n) is 8.16. The molecule has 0 amide bonds. The Labute approximate surface area is 73.4 Å². The quantitative estimate of drug-likeness (QED) is 0.679. The van der Waals surface area contributed by atoms with Crippen LogP contribution in [0.3, 0.4) is 0 Å². The molecule has 72 valence electrons. The van der Waals surface area contributed by atoms with Crippen molar-refractivity contribution in [3.8, 4) is 0 Å². The summed E-state index contributed by atoms with van der Waals surface area (Å²) in [5.41, 5.74) is -1.04. The average molecular weight is 174 g/mol. The second-order valence-corrected chi connectivity index (χ2v) is 4.17. The van der Waals surface area contributed by atoms with Gasteiger partial charge >= 0.3 is 5.97 Å². The van der Waals surface area contributed by atoms with Crippen LogP contribution >= 0.6 is 0 Å². The van der Waals surface area contributed by atoms with Crippen LogP contribution in [-0.4, -0.2) is 22.3 Å². The van der Waals surface area contributed by atoms with Gasteiger partial charge in [0, 0.05) is 0 Å². The smallest absolute Gasteiger partial charge is 0.311 e. The molecule has 0 aliphatic carbocycles. The highest BCUT2D eigenvalue weighted by molar-refractivity contribution is 5.74. The molecule has 0 bridgehead atoms. The summed E-state index contributed by atoms with van der Waals surface area (Å²) in [6.07, 6.45) is -0.241. The van der Waals surface area contributed by atoms with E-state index in [1.807, 2.05) is 13.8 Å². The number of aliphatic hydroxyl groups excluding tert-OH is 1. The van der Waals surface area contributed by atoms with Crippen molar-refractivity contribution in [2.45, 2.75) is 40.2 Å². The predicted molar refractivity (Wildman–Crippen MR) is 46.9 cm³/mol. The van der Waals surface area contributed by atoms with Crippen LogP contribution in [0.2, 0.25) is 0 Å². The monoisotopic (exact) mass is 174 g/mol. The van der Waals surface area contributed by atoms with Crippen molar-refractivity contribution in [3.63, 3.8) is 0 Å². The van der Waals surface area contributed by atoms with Crippen molar-refractivity contribution in [1.82, 2.24) is 0 Å². The van der Waals surface area contributed by atoms with E-state index in [0.29, 0.717) is 12.3 Å². The van der Waals surface area contributed by atoms with Crippen LogP contribution in [0.15, 0.2) is 0 Å². The van der Waals surface area contributed by atoms with Gasteiger partial charge in [-0.1, -0.05) is 13.8 Å². The molecule has 12 heavy (non-hydrogen) atoms. The van der Waals surface area contributed by atoms with Crippen LogP contribution in [-0.2, 0) is 4.79 Å². The fourth-order valence-electron chi connectivity index (χ4n) is 0.884. The Morgan fingerprint density at radius 2 is 1.83 bits per heavy atom. The summed E-state index contributed by atoms with van der Waals surface area (Å²) in [5, 5.41) is 18.3. The number of rotatable bonds is 4. The summed E-state index contributed by atoms with van der Waals surface area (Å²) < 4.78 is 0. The summed E-state index contributed by atoms with van der Waals surface area (Å²) in [5.74, 6) is -0.630. The number of carboxylic acid groups (broad SMARTS) is 1. The molecule has 3 nitrogen and oxygen atoms in total. The molecular weight excluding hydrogens is 156 g/mol. The number of hydrogen-bond acceptors (Lipinski definition) is 2. The fraction of sp³-hybridized carbons (Fsp3) is 0.889. The molecule has 0 aromatic carbocycles. The minimum Gasteiger partial charge on any atom is -0.481 e. The van der Waals surface area contributed by atoms with Crippen LogP contribution in [0.1, 0.15) is 34.1 Å². The lowest BCUT2D eigenvalue weighted by molar-refractivity contribution is -0.154. The van der Waals surface area contributed by atoms with Gasteiger partial charge in [0.05, 0.1) is 11.5 Å². The van der Waals surface area contributed by atoms with Gasteiger partial charge in [0.25, 0.3) is 0 Å². The first-order valence-corrected chi connectivity index (χ1v) is 4.20. The van der Waals surface area contributed by atoms with E-state index in [4.69, 9.17) is 5.11 Å². The molecule has 0 aliphatic rings. The Morgan fingerprint density at radius 3 is 2.08 bits per heavy atom. The fourth-order valence-corrected chi connectivity index (χ4v) is 0.884. The molecule has 0 aromatic heterocycles. The zero-order chi connectivity index (χ0) is 9.94. The standard InChI is InChI=1S/C9H18O3/c1-6(2)5-7(10)9(3,4)8(11)12/h6-7,10H,5H2,1-4H3,(H,11,12). The summed E-state index contributed by atoms with van der Waals surface area (Å²) in [6.45, 7) is 7.01. The minimum atomic E-state index is -1.04. The van der Waals surface area contributed by atoms with E-state index in [1.54, 1.807) is 13.8 Å². The summed E-state index contributed by atoms with van der Waals surface area (Å²) in [4.78, 5) is 10.7. The van der Waals surface area contributed by atoms with E-state index < -0.39 is 17.5 Å². The van der Waals surface area contributed by atoms with E-state index >= 15 is 0 Å². The van der Waals surface area contributed by atoms with Crippen LogP contribution in [0.25, 0.3) is 0 Å². The molecule has 1 unspecified atom stereocenters. The molecule has 1 atom stereocenters. The number of carboxylic acids is 1. The van der Waals surface area contributed by atoms with E-state index in [-0.39, 0.29) is 0 Å². The topological polar surface area (TPSA) is 57.5 Å². The molecule has 0 spiro atoms. The van der Waals surface area contributed by atoms with Crippen molar-refractivity contribution < 1.29 is 15.0 Å². The largest absolute Gasteiger partial charge is 0.481 e. The highest BCUT2D eigenvalue weighted by Gasteiger charge is 2.35. The number of aliphatic carboxylic acids is 1. The van der Waals surface area contributed by atoms with Gasteiger partial charge in [-0.25, -0.2) is 0 Å². The second-order valence-electron chi connectivity index (χ2n) is 4.17. The average Bonchev–Trinajstić information content (AvgIpc) is 1.85. The maximum atomic E-state index is 10.7.